The molecule has 0 bridgehead atoms. The van der Waals surface area contributed by atoms with E-state index in [9.17, 15) is 13.6 Å². The minimum atomic E-state index is -0.781. The van der Waals surface area contributed by atoms with E-state index in [-0.39, 0.29) is 5.56 Å². The highest BCUT2D eigenvalue weighted by molar-refractivity contribution is 6.09. The van der Waals surface area contributed by atoms with Gasteiger partial charge in [-0.2, -0.15) is 0 Å². The molecule has 3 rings (SSSR count). The maximum Gasteiger partial charge on any atom is 0.193 e. The van der Waals surface area contributed by atoms with Crippen LogP contribution in [0.2, 0.25) is 0 Å². The Hall–Kier alpha value is -2.11. The Morgan fingerprint density at radius 3 is 2.29 bits per heavy atom. The summed E-state index contributed by atoms with van der Waals surface area (Å²) in [6.07, 6.45) is -0.498. The van der Waals surface area contributed by atoms with Gasteiger partial charge in [-0.25, -0.2) is 8.78 Å². The van der Waals surface area contributed by atoms with Crippen LogP contribution in [0.3, 0.4) is 0 Å². The molecule has 3 nitrogen and oxygen atoms in total. The Bertz CT molecular complexity index is 659. The van der Waals surface area contributed by atoms with E-state index in [2.05, 4.69) is 0 Å². The smallest absolute Gasteiger partial charge is 0.193 e. The lowest BCUT2D eigenvalue weighted by Crippen LogP contribution is -2.05. The summed E-state index contributed by atoms with van der Waals surface area (Å²) in [6, 6.07) is 9.42. The van der Waals surface area contributed by atoms with Crippen molar-refractivity contribution >= 4 is 5.78 Å². The van der Waals surface area contributed by atoms with Gasteiger partial charge in [0.15, 0.2) is 12.1 Å². The van der Waals surface area contributed by atoms with Crippen LogP contribution in [0.15, 0.2) is 42.5 Å². The summed E-state index contributed by atoms with van der Waals surface area (Å²) in [5.74, 6) is -2.01. The fraction of sp³-hybridized carbons (Fsp3) is 0.188. The SMILES string of the molecule is O=C(c1cc(F)cc(F)c1)c1cccc(C2OCCO2)c1. The largest absolute Gasteiger partial charge is 0.346 e. The van der Waals surface area contributed by atoms with Crippen LogP contribution in [-0.4, -0.2) is 19.0 Å². The van der Waals surface area contributed by atoms with E-state index in [0.29, 0.717) is 24.3 Å². The molecule has 0 saturated carbocycles. The third-order valence-electron chi connectivity index (χ3n) is 3.17. The molecule has 5 heteroatoms. The topological polar surface area (TPSA) is 35.5 Å². The summed E-state index contributed by atoms with van der Waals surface area (Å²) in [7, 11) is 0. The Kier molecular flexibility index (Phi) is 3.77. The number of rotatable bonds is 3. The third kappa shape index (κ3) is 2.99. The zero-order valence-corrected chi connectivity index (χ0v) is 11.0. The van der Waals surface area contributed by atoms with E-state index in [1.165, 1.54) is 0 Å². The zero-order valence-electron chi connectivity index (χ0n) is 11.0. The zero-order chi connectivity index (χ0) is 14.8. The molecule has 21 heavy (non-hydrogen) atoms. The average molecular weight is 290 g/mol. The summed E-state index contributed by atoms with van der Waals surface area (Å²) in [5.41, 5.74) is 1.00. The van der Waals surface area contributed by atoms with Crippen LogP contribution in [0.5, 0.6) is 0 Å². The first kappa shape index (κ1) is 13.9. The predicted molar refractivity (Wildman–Crippen MR) is 70.9 cm³/mol. The lowest BCUT2D eigenvalue weighted by molar-refractivity contribution is -0.0441. The minimum absolute atomic E-state index is 0.0297. The number of carbonyl (C=O) groups excluding carboxylic acids is 1. The Morgan fingerprint density at radius 2 is 1.62 bits per heavy atom. The van der Waals surface area contributed by atoms with E-state index in [0.717, 1.165) is 18.2 Å². The van der Waals surface area contributed by atoms with Crippen molar-refractivity contribution in [3.05, 3.63) is 70.8 Å². The maximum atomic E-state index is 13.2. The molecule has 0 aliphatic carbocycles. The maximum absolute atomic E-state index is 13.2. The lowest BCUT2D eigenvalue weighted by atomic mass is 10.0. The second kappa shape index (κ2) is 5.71. The molecule has 108 valence electrons. The summed E-state index contributed by atoms with van der Waals surface area (Å²) in [4.78, 5) is 12.3. The number of ketones is 1. The van der Waals surface area contributed by atoms with Gasteiger partial charge in [0.05, 0.1) is 13.2 Å². The second-order valence-electron chi connectivity index (χ2n) is 4.69. The molecule has 0 N–H and O–H groups in total. The van der Waals surface area contributed by atoms with E-state index in [1.54, 1.807) is 24.3 Å². The molecular formula is C16H12F2O3. The van der Waals surface area contributed by atoms with E-state index in [1.807, 2.05) is 0 Å². The van der Waals surface area contributed by atoms with Crippen molar-refractivity contribution in [1.29, 1.82) is 0 Å². The standard InChI is InChI=1S/C16H12F2O3/c17-13-7-12(8-14(18)9-13)15(19)10-2-1-3-11(6-10)16-20-4-5-21-16/h1-3,6-9,16H,4-5H2. The molecule has 0 spiro atoms. The fourth-order valence-corrected chi connectivity index (χ4v) is 2.23. The molecule has 0 atom stereocenters. The van der Waals surface area contributed by atoms with E-state index >= 15 is 0 Å². The van der Waals surface area contributed by atoms with Crippen LogP contribution in [0.25, 0.3) is 0 Å². The fourth-order valence-electron chi connectivity index (χ4n) is 2.23. The van der Waals surface area contributed by atoms with E-state index in [4.69, 9.17) is 9.47 Å². The quantitative estimate of drug-likeness (QED) is 0.814. The molecular weight excluding hydrogens is 278 g/mol. The van der Waals surface area contributed by atoms with Crippen molar-refractivity contribution in [3.8, 4) is 0 Å². The molecule has 1 heterocycles. The van der Waals surface area contributed by atoms with Crippen molar-refractivity contribution in [2.45, 2.75) is 6.29 Å². The number of hydrogen-bond donors (Lipinski definition) is 0. The summed E-state index contributed by atoms with van der Waals surface area (Å²) >= 11 is 0. The molecule has 0 aromatic heterocycles. The van der Waals surface area contributed by atoms with Gasteiger partial charge in [-0.05, 0) is 18.2 Å². The molecule has 1 saturated heterocycles. The molecule has 2 aromatic rings. The monoisotopic (exact) mass is 290 g/mol. The molecule has 1 aliphatic rings. The first-order chi connectivity index (χ1) is 10.1. The van der Waals surface area contributed by atoms with Crippen molar-refractivity contribution in [2.75, 3.05) is 13.2 Å². The van der Waals surface area contributed by atoms with Gasteiger partial charge in [0.25, 0.3) is 0 Å². The number of hydrogen-bond acceptors (Lipinski definition) is 3. The van der Waals surface area contributed by atoms with Crippen molar-refractivity contribution in [2.24, 2.45) is 0 Å². The van der Waals surface area contributed by atoms with Crippen LogP contribution in [0, 0.1) is 11.6 Å². The van der Waals surface area contributed by atoms with Gasteiger partial charge < -0.3 is 9.47 Å². The third-order valence-corrected chi connectivity index (χ3v) is 3.17. The van der Waals surface area contributed by atoms with Crippen LogP contribution in [-0.2, 0) is 9.47 Å². The highest BCUT2D eigenvalue weighted by atomic mass is 19.1. The van der Waals surface area contributed by atoms with Gasteiger partial charge in [0, 0.05) is 22.8 Å². The van der Waals surface area contributed by atoms with Gasteiger partial charge in [-0.1, -0.05) is 18.2 Å². The number of halogens is 2. The summed E-state index contributed by atoms with van der Waals surface area (Å²) < 4.78 is 37.1. The van der Waals surface area contributed by atoms with Crippen LogP contribution >= 0.6 is 0 Å². The molecule has 0 amide bonds. The predicted octanol–water partition coefficient (Wildman–Crippen LogP) is 3.24. The minimum Gasteiger partial charge on any atom is -0.346 e. The summed E-state index contributed by atoms with van der Waals surface area (Å²) in [5, 5.41) is 0. The first-order valence-corrected chi connectivity index (χ1v) is 6.47. The van der Waals surface area contributed by atoms with Gasteiger partial charge in [0.1, 0.15) is 11.6 Å². The van der Waals surface area contributed by atoms with Gasteiger partial charge in [0.2, 0.25) is 0 Å². The van der Waals surface area contributed by atoms with Crippen molar-refractivity contribution in [3.63, 3.8) is 0 Å². The second-order valence-corrected chi connectivity index (χ2v) is 4.69. The van der Waals surface area contributed by atoms with Crippen molar-refractivity contribution < 1.29 is 23.0 Å². The molecule has 0 radical (unpaired) electrons. The lowest BCUT2D eigenvalue weighted by Gasteiger charge is -2.10. The molecule has 0 unspecified atom stereocenters. The normalized spacial score (nSPS) is 15.3. The highest BCUT2D eigenvalue weighted by Gasteiger charge is 2.20. The van der Waals surface area contributed by atoms with Gasteiger partial charge in [-0.3, -0.25) is 4.79 Å². The molecule has 1 aliphatic heterocycles. The Labute approximate surface area is 120 Å². The average Bonchev–Trinajstić information content (AvgIpc) is 3.00. The Morgan fingerprint density at radius 1 is 0.952 bits per heavy atom. The number of carbonyl (C=O) groups is 1. The van der Waals surface area contributed by atoms with Crippen LogP contribution < -0.4 is 0 Å². The number of benzene rings is 2. The van der Waals surface area contributed by atoms with Gasteiger partial charge in [-0.15, -0.1) is 0 Å². The Balaban J connectivity index is 1.92. The number of ether oxygens (including phenoxy) is 2. The molecule has 2 aromatic carbocycles. The first-order valence-electron chi connectivity index (χ1n) is 6.47. The van der Waals surface area contributed by atoms with Crippen LogP contribution in [0.4, 0.5) is 8.78 Å². The van der Waals surface area contributed by atoms with Crippen LogP contribution in [0.1, 0.15) is 27.8 Å². The van der Waals surface area contributed by atoms with E-state index < -0.39 is 23.7 Å². The highest BCUT2D eigenvalue weighted by Crippen LogP contribution is 2.24. The molecule has 1 fully saturated rings. The van der Waals surface area contributed by atoms with Gasteiger partial charge >= 0.3 is 0 Å². The van der Waals surface area contributed by atoms with Crippen molar-refractivity contribution in [1.82, 2.24) is 0 Å². The summed E-state index contributed by atoms with van der Waals surface area (Å²) in [6.45, 7) is 0.996.